The Bertz CT molecular complexity index is 452. The van der Waals surface area contributed by atoms with Crippen molar-refractivity contribution >= 4 is 29.1 Å². The molecule has 0 unspecified atom stereocenters. The average molecular weight is 221 g/mol. The predicted molar refractivity (Wildman–Crippen MR) is 56.5 cm³/mol. The summed E-state index contributed by atoms with van der Waals surface area (Å²) in [6.45, 7) is 0. The van der Waals surface area contributed by atoms with Crippen molar-refractivity contribution in [3.63, 3.8) is 0 Å². The number of pyridine rings is 1. The summed E-state index contributed by atoms with van der Waals surface area (Å²) >= 11 is 0.984. The van der Waals surface area contributed by atoms with Crippen molar-refractivity contribution in [2.45, 2.75) is 0 Å². The van der Waals surface area contributed by atoms with Crippen LogP contribution in [0, 0.1) is 0 Å². The van der Waals surface area contributed by atoms with E-state index in [1.165, 1.54) is 12.4 Å². The summed E-state index contributed by atoms with van der Waals surface area (Å²) in [5, 5.41) is 2.62. The first-order valence-electron chi connectivity index (χ1n) is 4.06. The third-order valence-corrected chi connectivity index (χ3v) is 2.12. The third-order valence-electron chi connectivity index (χ3n) is 1.64. The summed E-state index contributed by atoms with van der Waals surface area (Å²) < 4.78 is 7.54. The van der Waals surface area contributed by atoms with E-state index in [1.807, 2.05) is 0 Å². The largest absolute Gasteiger partial charge is 0.384 e. The van der Waals surface area contributed by atoms with E-state index in [4.69, 9.17) is 5.73 Å². The molecule has 6 nitrogen and oxygen atoms in total. The SMILES string of the molecule is Nc1ccc(NC(=O)c2cnsn2)cn1. The zero-order valence-corrected chi connectivity index (χ0v) is 8.36. The number of nitrogens with one attached hydrogen (secondary N) is 1. The second kappa shape index (κ2) is 4.01. The first-order chi connectivity index (χ1) is 7.25. The maximum Gasteiger partial charge on any atom is 0.277 e. The van der Waals surface area contributed by atoms with E-state index in [2.05, 4.69) is 19.0 Å². The molecule has 0 aliphatic rings. The average Bonchev–Trinajstić information content (AvgIpc) is 2.74. The molecule has 2 heterocycles. The number of hydrogen-bond donors (Lipinski definition) is 2. The van der Waals surface area contributed by atoms with Crippen LogP contribution in [0.15, 0.2) is 24.5 Å². The van der Waals surface area contributed by atoms with Gasteiger partial charge in [0.1, 0.15) is 5.82 Å². The minimum absolute atomic E-state index is 0.289. The minimum atomic E-state index is -0.310. The fourth-order valence-electron chi connectivity index (χ4n) is 0.939. The summed E-state index contributed by atoms with van der Waals surface area (Å²) in [5.74, 6) is 0.0960. The highest BCUT2D eigenvalue weighted by Gasteiger charge is 2.08. The second-order valence-corrected chi connectivity index (χ2v) is 3.28. The van der Waals surface area contributed by atoms with Gasteiger partial charge in [0.05, 0.1) is 29.8 Å². The van der Waals surface area contributed by atoms with Gasteiger partial charge in [-0.2, -0.15) is 8.75 Å². The number of anilines is 2. The highest BCUT2D eigenvalue weighted by molar-refractivity contribution is 6.99. The van der Waals surface area contributed by atoms with Gasteiger partial charge in [-0.25, -0.2) is 4.98 Å². The van der Waals surface area contributed by atoms with Gasteiger partial charge in [-0.15, -0.1) is 0 Å². The molecule has 2 aromatic rings. The molecule has 0 aromatic carbocycles. The number of aromatic nitrogens is 3. The number of amides is 1. The molecule has 0 fully saturated rings. The van der Waals surface area contributed by atoms with Crippen molar-refractivity contribution in [2.75, 3.05) is 11.1 Å². The Balaban J connectivity index is 2.09. The molecule has 0 aliphatic carbocycles. The number of rotatable bonds is 2. The number of nitrogen functional groups attached to an aromatic ring is 1. The van der Waals surface area contributed by atoms with Gasteiger partial charge in [-0.05, 0) is 12.1 Å². The Labute approximate surface area is 89.5 Å². The quantitative estimate of drug-likeness (QED) is 0.781. The zero-order chi connectivity index (χ0) is 10.7. The van der Waals surface area contributed by atoms with Crippen molar-refractivity contribution in [3.8, 4) is 0 Å². The Morgan fingerprint density at radius 1 is 1.40 bits per heavy atom. The van der Waals surface area contributed by atoms with E-state index in [-0.39, 0.29) is 11.6 Å². The lowest BCUT2D eigenvalue weighted by atomic mass is 10.3. The van der Waals surface area contributed by atoms with Gasteiger partial charge >= 0.3 is 0 Å². The van der Waals surface area contributed by atoms with Crippen LogP contribution in [0.4, 0.5) is 11.5 Å². The minimum Gasteiger partial charge on any atom is -0.384 e. The van der Waals surface area contributed by atoms with Crippen LogP contribution in [0.1, 0.15) is 10.5 Å². The molecule has 0 saturated heterocycles. The Morgan fingerprint density at radius 3 is 2.87 bits per heavy atom. The van der Waals surface area contributed by atoms with Crippen LogP contribution < -0.4 is 11.1 Å². The van der Waals surface area contributed by atoms with Gasteiger partial charge < -0.3 is 11.1 Å². The van der Waals surface area contributed by atoms with Gasteiger partial charge in [0.15, 0.2) is 5.69 Å². The fraction of sp³-hybridized carbons (Fsp3) is 0. The number of hydrogen-bond acceptors (Lipinski definition) is 6. The van der Waals surface area contributed by atoms with Gasteiger partial charge in [0, 0.05) is 0 Å². The molecule has 76 valence electrons. The maximum atomic E-state index is 11.5. The van der Waals surface area contributed by atoms with E-state index < -0.39 is 0 Å². The summed E-state index contributed by atoms with van der Waals surface area (Å²) in [6, 6.07) is 3.27. The van der Waals surface area contributed by atoms with E-state index in [9.17, 15) is 4.79 Å². The first-order valence-corrected chi connectivity index (χ1v) is 4.79. The van der Waals surface area contributed by atoms with Crippen molar-refractivity contribution in [1.29, 1.82) is 0 Å². The number of nitrogens with two attached hydrogens (primary N) is 1. The van der Waals surface area contributed by atoms with Gasteiger partial charge in [0.25, 0.3) is 5.91 Å². The molecule has 7 heteroatoms. The number of nitrogens with zero attached hydrogens (tertiary/aromatic N) is 3. The molecule has 2 rings (SSSR count). The van der Waals surface area contributed by atoms with Gasteiger partial charge in [-0.1, -0.05) is 0 Å². The third kappa shape index (κ3) is 2.26. The molecule has 0 bridgehead atoms. The standard InChI is InChI=1S/C8H7N5OS/c9-7-2-1-5(3-10-7)12-8(14)6-4-11-15-13-6/h1-4H,(H2,9,10)(H,12,14). The van der Waals surface area contributed by atoms with Crippen LogP contribution in [0.25, 0.3) is 0 Å². The summed E-state index contributed by atoms with van der Waals surface area (Å²) in [5.41, 5.74) is 6.27. The molecular weight excluding hydrogens is 214 g/mol. The first kappa shape index (κ1) is 9.53. The number of carbonyl (C=O) groups is 1. The molecule has 3 N–H and O–H groups in total. The lowest BCUT2D eigenvalue weighted by Crippen LogP contribution is -2.12. The van der Waals surface area contributed by atoms with Crippen LogP contribution in [-0.4, -0.2) is 19.6 Å². The van der Waals surface area contributed by atoms with E-state index >= 15 is 0 Å². The number of carbonyl (C=O) groups excluding carboxylic acids is 1. The summed E-state index contributed by atoms with van der Waals surface area (Å²) in [7, 11) is 0. The highest BCUT2D eigenvalue weighted by Crippen LogP contribution is 2.08. The monoisotopic (exact) mass is 221 g/mol. The lowest BCUT2D eigenvalue weighted by molar-refractivity contribution is 0.102. The van der Waals surface area contributed by atoms with Crippen molar-refractivity contribution in [1.82, 2.24) is 13.7 Å². The van der Waals surface area contributed by atoms with E-state index in [0.29, 0.717) is 11.5 Å². The van der Waals surface area contributed by atoms with Crippen LogP contribution >= 0.6 is 11.7 Å². The smallest absolute Gasteiger partial charge is 0.277 e. The zero-order valence-electron chi connectivity index (χ0n) is 7.54. The Hall–Kier alpha value is -2.02. The maximum absolute atomic E-state index is 11.5. The van der Waals surface area contributed by atoms with Crippen molar-refractivity contribution in [3.05, 3.63) is 30.2 Å². The van der Waals surface area contributed by atoms with E-state index in [0.717, 1.165) is 11.7 Å². The highest BCUT2D eigenvalue weighted by atomic mass is 32.1. The molecule has 0 atom stereocenters. The lowest BCUT2D eigenvalue weighted by Gasteiger charge is -2.01. The summed E-state index contributed by atoms with van der Waals surface area (Å²) in [4.78, 5) is 15.3. The Morgan fingerprint density at radius 2 is 2.27 bits per heavy atom. The topological polar surface area (TPSA) is 93.8 Å². The Kier molecular flexibility index (Phi) is 2.55. The second-order valence-electron chi connectivity index (χ2n) is 2.72. The molecule has 0 spiro atoms. The molecule has 2 aromatic heterocycles. The van der Waals surface area contributed by atoms with Crippen LogP contribution in [0.2, 0.25) is 0 Å². The van der Waals surface area contributed by atoms with Crippen LogP contribution in [0.3, 0.4) is 0 Å². The van der Waals surface area contributed by atoms with Crippen molar-refractivity contribution < 1.29 is 4.79 Å². The van der Waals surface area contributed by atoms with Gasteiger partial charge in [-0.3, -0.25) is 4.79 Å². The molecule has 0 radical (unpaired) electrons. The molecule has 0 saturated carbocycles. The van der Waals surface area contributed by atoms with Crippen molar-refractivity contribution in [2.24, 2.45) is 0 Å². The molecular formula is C8H7N5OS. The predicted octanol–water partition coefficient (Wildman–Crippen LogP) is 0.768. The van der Waals surface area contributed by atoms with Crippen LogP contribution in [-0.2, 0) is 0 Å². The molecule has 15 heavy (non-hydrogen) atoms. The normalized spacial score (nSPS) is 9.87. The van der Waals surface area contributed by atoms with Crippen LogP contribution in [0.5, 0.6) is 0 Å². The molecule has 0 aliphatic heterocycles. The van der Waals surface area contributed by atoms with E-state index in [1.54, 1.807) is 12.1 Å². The van der Waals surface area contributed by atoms with Gasteiger partial charge in [0.2, 0.25) is 0 Å². The molecule has 1 amide bonds. The summed E-state index contributed by atoms with van der Waals surface area (Å²) in [6.07, 6.45) is 2.89. The fourth-order valence-corrected chi connectivity index (χ4v) is 1.35.